The zero-order valence-electron chi connectivity index (χ0n) is 15.8. The van der Waals surface area contributed by atoms with Crippen molar-refractivity contribution in [3.63, 3.8) is 0 Å². The van der Waals surface area contributed by atoms with Gasteiger partial charge in [0.1, 0.15) is 0 Å². The summed E-state index contributed by atoms with van der Waals surface area (Å²) in [4.78, 5) is 21.4. The van der Waals surface area contributed by atoms with Crippen molar-refractivity contribution in [2.75, 3.05) is 12.1 Å². The lowest BCUT2D eigenvalue weighted by Crippen LogP contribution is -2.14. The van der Waals surface area contributed by atoms with Crippen molar-refractivity contribution in [1.29, 1.82) is 0 Å². The lowest BCUT2D eigenvalue weighted by Gasteiger charge is -2.02. The number of para-hydroxylation sites is 1. The normalized spacial score (nSPS) is 12.4. The molecule has 5 rings (SSSR count). The van der Waals surface area contributed by atoms with E-state index in [9.17, 15) is 4.79 Å². The van der Waals surface area contributed by atoms with E-state index in [4.69, 9.17) is 9.47 Å². The molecular formula is C22H19N3O3S. The Bertz CT molecular complexity index is 1210. The fourth-order valence-electron chi connectivity index (χ4n) is 3.50. The van der Waals surface area contributed by atoms with Crippen LogP contribution >= 0.6 is 11.3 Å². The molecule has 0 saturated heterocycles. The third-order valence-corrected chi connectivity index (χ3v) is 6.04. The number of aromatic nitrogens is 2. The predicted octanol–water partition coefficient (Wildman–Crippen LogP) is 4.43. The first-order chi connectivity index (χ1) is 14.2. The molecule has 6 nitrogen and oxygen atoms in total. The Kier molecular flexibility index (Phi) is 4.44. The Hall–Kier alpha value is -3.32. The molecule has 2 aromatic carbocycles. The summed E-state index contributed by atoms with van der Waals surface area (Å²) >= 11 is 1.51. The molecule has 0 bridgehead atoms. The molecule has 146 valence electrons. The number of carbonyl (C=O) groups excluding carboxylic acids is 1. The van der Waals surface area contributed by atoms with Gasteiger partial charge in [-0.05, 0) is 36.2 Å². The van der Waals surface area contributed by atoms with Crippen molar-refractivity contribution in [2.24, 2.45) is 0 Å². The summed E-state index contributed by atoms with van der Waals surface area (Å²) in [6, 6.07) is 13.9. The highest BCUT2D eigenvalue weighted by molar-refractivity contribution is 7.15. The van der Waals surface area contributed by atoms with E-state index in [1.807, 2.05) is 55.6 Å². The van der Waals surface area contributed by atoms with Crippen LogP contribution in [-0.4, -0.2) is 22.7 Å². The van der Waals surface area contributed by atoms with Gasteiger partial charge in [0.05, 0.1) is 12.1 Å². The van der Waals surface area contributed by atoms with E-state index in [1.165, 1.54) is 11.3 Å². The van der Waals surface area contributed by atoms with E-state index in [2.05, 4.69) is 15.3 Å². The summed E-state index contributed by atoms with van der Waals surface area (Å²) in [7, 11) is 0. The van der Waals surface area contributed by atoms with Gasteiger partial charge in [-0.25, -0.2) is 4.98 Å². The molecule has 0 spiro atoms. The number of nitrogens with one attached hydrogen (secondary N) is 2. The van der Waals surface area contributed by atoms with Crippen LogP contribution in [0, 0.1) is 6.92 Å². The molecule has 1 aliphatic rings. The number of carbonyl (C=O) groups is 1. The van der Waals surface area contributed by atoms with E-state index in [0.29, 0.717) is 11.6 Å². The minimum atomic E-state index is -0.0712. The smallest absolute Gasteiger partial charge is 0.231 e. The molecule has 3 heterocycles. The maximum atomic E-state index is 12.5. The largest absolute Gasteiger partial charge is 0.454 e. The molecule has 0 aliphatic carbocycles. The van der Waals surface area contributed by atoms with Gasteiger partial charge >= 0.3 is 0 Å². The number of ether oxygens (including phenoxy) is 2. The number of aryl methyl sites for hydroxylation is 1. The van der Waals surface area contributed by atoms with Crippen LogP contribution in [0.4, 0.5) is 5.13 Å². The van der Waals surface area contributed by atoms with Gasteiger partial charge in [0, 0.05) is 28.4 Å². The van der Waals surface area contributed by atoms with Gasteiger partial charge in [-0.2, -0.15) is 0 Å². The van der Waals surface area contributed by atoms with E-state index >= 15 is 0 Å². The molecule has 0 radical (unpaired) electrons. The molecule has 7 heteroatoms. The van der Waals surface area contributed by atoms with Crippen LogP contribution in [0.3, 0.4) is 0 Å². The number of rotatable bonds is 5. The summed E-state index contributed by atoms with van der Waals surface area (Å²) in [6.07, 6.45) is 2.93. The lowest BCUT2D eigenvalue weighted by atomic mass is 10.1. The Morgan fingerprint density at radius 2 is 2.07 bits per heavy atom. The average Bonchev–Trinajstić information content (AvgIpc) is 3.41. The fraction of sp³-hybridized carbons (Fsp3) is 0.182. The second kappa shape index (κ2) is 7.25. The highest BCUT2D eigenvalue weighted by Crippen LogP contribution is 2.34. The van der Waals surface area contributed by atoms with Gasteiger partial charge in [0.2, 0.25) is 12.7 Å². The first-order valence-electron chi connectivity index (χ1n) is 9.35. The zero-order chi connectivity index (χ0) is 19.8. The van der Waals surface area contributed by atoms with Crippen molar-refractivity contribution in [3.8, 4) is 11.5 Å². The van der Waals surface area contributed by atoms with Crippen LogP contribution in [0.1, 0.15) is 21.7 Å². The van der Waals surface area contributed by atoms with E-state index in [1.54, 1.807) is 0 Å². The maximum Gasteiger partial charge on any atom is 0.231 e. The van der Waals surface area contributed by atoms with Crippen LogP contribution < -0.4 is 14.8 Å². The molecular weight excluding hydrogens is 386 g/mol. The van der Waals surface area contributed by atoms with Crippen molar-refractivity contribution in [3.05, 3.63) is 70.4 Å². The number of hydrogen-bond donors (Lipinski definition) is 2. The van der Waals surface area contributed by atoms with E-state index in [-0.39, 0.29) is 12.7 Å². The molecule has 0 fully saturated rings. The molecule has 0 unspecified atom stereocenters. The monoisotopic (exact) mass is 405 g/mol. The standard InChI is InChI=1S/C22H19N3O3S/c1-13-20(9-14-6-7-18-19(8-14)28-12-27-18)29-22(24-13)25-21(26)10-15-11-23-17-5-3-2-4-16(15)17/h2-8,11,23H,9-10,12H2,1H3,(H,24,25,26). The minimum Gasteiger partial charge on any atom is -0.454 e. The Morgan fingerprint density at radius 3 is 3.00 bits per heavy atom. The van der Waals surface area contributed by atoms with Gasteiger partial charge in [0.25, 0.3) is 0 Å². The van der Waals surface area contributed by atoms with Gasteiger partial charge in [-0.1, -0.05) is 24.3 Å². The number of amides is 1. The second-order valence-corrected chi connectivity index (χ2v) is 8.06. The summed E-state index contributed by atoms with van der Waals surface area (Å²) in [5, 5.41) is 4.64. The molecule has 2 aromatic heterocycles. The first-order valence-corrected chi connectivity index (χ1v) is 10.2. The van der Waals surface area contributed by atoms with Crippen LogP contribution in [0.25, 0.3) is 10.9 Å². The van der Waals surface area contributed by atoms with Crippen molar-refractivity contribution in [1.82, 2.24) is 9.97 Å². The quantitative estimate of drug-likeness (QED) is 0.515. The summed E-state index contributed by atoms with van der Waals surface area (Å²) in [5.41, 5.74) is 4.06. The number of fused-ring (bicyclic) bond motifs is 2. The third-order valence-electron chi connectivity index (χ3n) is 4.97. The Morgan fingerprint density at radius 1 is 1.21 bits per heavy atom. The Balaban J connectivity index is 1.28. The first kappa shape index (κ1) is 17.8. The molecule has 0 saturated carbocycles. The number of benzene rings is 2. The number of H-pyrrole nitrogens is 1. The highest BCUT2D eigenvalue weighted by Gasteiger charge is 2.16. The summed E-state index contributed by atoms with van der Waals surface area (Å²) in [5.74, 6) is 1.48. The number of nitrogens with zero attached hydrogens (tertiary/aromatic N) is 1. The van der Waals surface area contributed by atoms with Crippen LogP contribution in [0.2, 0.25) is 0 Å². The van der Waals surface area contributed by atoms with Crippen LogP contribution in [0.15, 0.2) is 48.7 Å². The van der Waals surface area contributed by atoms with Crippen molar-refractivity contribution in [2.45, 2.75) is 19.8 Å². The average molecular weight is 405 g/mol. The van der Waals surface area contributed by atoms with Crippen molar-refractivity contribution < 1.29 is 14.3 Å². The minimum absolute atomic E-state index is 0.0712. The number of aromatic amines is 1. The zero-order valence-corrected chi connectivity index (χ0v) is 16.6. The highest BCUT2D eigenvalue weighted by atomic mass is 32.1. The van der Waals surface area contributed by atoms with Gasteiger partial charge in [-0.3, -0.25) is 4.79 Å². The maximum absolute atomic E-state index is 12.5. The molecule has 1 amide bonds. The fourth-order valence-corrected chi connectivity index (χ4v) is 4.51. The topological polar surface area (TPSA) is 76.2 Å². The van der Waals surface area contributed by atoms with Gasteiger partial charge in [-0.15, -0.1) is 11.3 Å². The number of hydrogen-bond acceptors (Lipinski definition) is 5. The number of anilines is 1. The Labute approximate surface area is 171 Å². The summed E-state index contributed by atoms with van der Waals surface area (Å²) in [6.45, 7) is 2.24. The molecule has 29 heavy (non-hydrogen) atoms. The van der Waals surface area contributed by atoms with Crippen molar-refractivity contribution >= 4 is 33.3 Å². The lowest BCUT2D eigenvalue weighted by molar-refractivity contribution is -0.115. The second-order valence-electron chi connectivity index (χ2n) is 6.98. The SMILES string of the molecule is Cc1nc(NC(=O)Cc2c[nH]c3ccccc23)sc1Cc1ccc2c(c1)OCO2. The predicted molar refractivity (Wildman–Crippen MR) is 113 cm³/mol. The van der Waals surface area contributed by atoms with Gasteiger partial charge < -0.3 is 19.8 Å². The molecule has 4 aromatic rings. The van der Waals surface area contributed by atoms with Gasteiger partial charge in [0.15, 0.2) is 16.6 Å². The molecule has 2 N–H and O–H groups in total. The third kappa shape index (κ3) is 3.56. The van der Waals surface area contributed by atoms with Crippen LogP contribution in [-0.2, 0) is 17.6 Å². The summed E-state index contributed by atoms with van der Waals surface area (Å²) < 4.78 is 10.8. The van der Waals surface area contributed by atoms with Crippen LogP contribution in [0.5, 0.6) is 11.5 Å². The van der Waals surface area contributed by atoms with E-state index in [0.717, 1.165) is 50.5 Å². The molecule has 1 aliphatic heterocycles. The van der Waals surface area contributed by atoms with E-state index < -0.39 is 0 Å². The molecule has 0 atom stereocenters. The number of thiazole rings is 1.